The summed E-state index contributed by atoms with van der Waals surface area (Å²) in [5, 5.41) is 9.73. The van der Waals surface area contributed by atoms with E-state index in [1.54, 1.807) is 0 Å². The lowest BCUT2D eigenvalue weighted by atomic mass is 9.51. The van der Waals surface area contributed by atoms with Crippen LogP contribution >= 0.6 is 0 Å². The van der Waals surface area contributed by atoms with Crippen LogP contribution in [0.1, 0.15) is 45.4 Å². The van der Waals surface area contributed by atoms with Crippen molar-refractivity contribution in [1.29, 1.82) is 0 Å². The van der Waals surface area contributed by atoms with E-state index >= 15 is 0 Å². The number of aliphatic hydroxyl groups excluding tert-OH is 1. The Kier molecular flexibility index (Phi) is 3.10. The number of hydrogen-bond acceptors (Lipinski definition) is 2. The number of rotatable bonds is 2. The van der Waals surface area contributed by atoms with E-state index in [1.165, 1.54) is 32.1 Å². The third-order valence-electron chi connectivity index (χ3n) is 6.73. The molecule has 5 fully saturated rings. The molecule has 1 saturated heterocycles. The Bertz CT molecular complexity index is 378. The number of hydrogen-bond donors (Lipinski definition) is 1. The highest BCUT2D eigenvalue weighted by atomic mass is 16.3. The molecule has 5 rings (SSSR count). The molecule has 0 radical (unpaired) electrons. The first kappa shape index (κ1) is 13.1. The Balaban J connectivity index is 1.47. The predicted octanol–water partition coefficient (Wildman–Crippen LogP) is 2.29. The smallest absolute Gasteiger partial charge is 0.226 e. The van der Waals surface area contributed by atoms with Crippen molar-refractivity contribution in [2.24, 2.45) is 35.5 Å². The van der Waals surface area contributed by atoms with Crippen molar-refractivity contribution < 1.29 is 9.90 Å². The van der Waals surface area contributed by atoms with Gasteiger partial charge >= 0.3 is 0 Å². The van der Waals surface area contributed by atoms with E-state index in [0.29, 0.717) is 29.6 Å². The summed E-state index contributed by atoms with van der Waals surface area (Å²) in [6.07, 6.45) is 7.42. The zero-order valence-corrected chi connectivity index (χ0v) is 12.5. The summed E-state index contributed by atoms with van der Waals surface area (Å²) in [5.41, 5.74) is 0. The van der Waals surface area contributed by atoms with Gasteiger partial charge in [-0.2, -0.15) is 0 Å². The fourth-order valence-corrected chi connectivity index (χ4v) is 5.92. The molecule has 0 aromatic heterocycles. The van der Waals surface area contributed by atoms with E-state index < -0.39 is 0 Å². The summed E-state index contributed by atoms with van der Waals surface area (Å²) < 4.78 is 0. The lowest BCUT2D eigenvalue weighted by molar-refractivity contribution is -0.148. The Morgan fingerprint density at radius 1 is 1.10 bits per heavy atom. The highest BCUT2D eigenvalue weighted by Gasteiger charge is 2.52. The minimum atomic E-state index is -0.272. The van der Waals surface area contributed by atoms with Gasteiger partial charge in [0.05, 0.1) is 6.10 Å². The number of likely N-dealkylation sites (tertiary alicyclic amines) is 1. The largest absolute Gasteiger partial charge is 0.393 e. The zero-order valence-electron chi connectivity index (χ0n) is 12.5. The first-order valence-corrected chi connectivity index (χ1v) is 8.58. The maximum atomic E-state index is 12.9. The molecule has 3 nitrogen and oxygen atoms in total. The zero-order chi connectivity index (χ0) is 13.9. The molecule has 5 aliphatic rings. The molecule has 4 aliphatic carbocycles. The first-order chi connectivity index (χ1) is 9.61. The molecule has 4 bridgehead atoms. The molecule has 20 heavy (non-hydrogen) atoms. The normalized spacial score (nSPS) is 47.8. The van der Waals surface area contributed by atoms with Crippen LogP contribution in [0.5, 0.6) is 0 Å². The van der Waals surface area contributed by atoms with Crippen molar-refractivity contribution in [3.63, 3.8) is 0 Å². The fraction of sp³-hybridized carbons (Fsp3) is 0.941. The second-order valence-corrected chi connectivity index (χ2v) is 8.03. The second kappa shape index (κ2) is 4.72. The molecule has 0 aromatic rings. The van der Waals surface area contributed by atoms with Crippen molar-refractivity contribution in [3.8, 4) is 0 Å². The van der Waals surface area contributed by atoms with Crippen LogP contribution in [0.15, 0.2) is 0 Å². The van der Waals surface area contributed by atoms with Gasteiger partial charge in [-0.1, -0.05) is 0 Å². The van der Waals surface area contributed by atoms with Gasteiger partial charge in [0, 0.05) is 24.9 Å². The van der Waals surface area contributed by atoms with Crippen molar-refractivity contribution in [2.45, 2.75) is 51.6 Å². The van der Waals surface area contributed by atoms with Gasteiger partial charge in [0.25, 0.3) is 0 Å². The Morgan fingerprint density at radius 3 is 2.20 bits per heavy atom. The van der Waals surface area contributed by atoms with Crippen LogP contribution in [0, 0.1) is 35.5 Å². The minimum absolute atomic E-state index is 0.272. The molecule has 112 valence electrons. The van der Waals surface area contributed by atoms with Crippen LogP contribution in [0.25, 0.3) is 0 Å². The Morgan fingerprint density at radius 2 is 1.70 bits per heavy atom. The standard InChI is InChI=1S/C17H27NO2/c1-10(19)13-2-3-18(9-13)17(20)16-14-5-11-4-12(7-14)8-15(16)6-11/h10-16,19H,2-9H2,1H3. The summed E-state index contributed by atoms with van der Waals surface area (Å²) in [5.74, 6) is 4.30. The molecule has 3 heteroatoms. The molecule has 1 amide bonds. The number of nitrogens with zero attached hydrogens (tertiary/aromatic N) is 1. The summed E-state index contributed by atoms with van der Waals surface area (Å²) in [6, 6.07) is 0. The van der Waals surface area contributed by atoms with Gasteiger partial charge in [0.1, 0.15) is 0 Å². The lowest BCUT2D eigenvalue weighted by Gasteiger charge is -2.54. The predicted molar refractivity (Wildman–Crippen MR) is 76.9 cm³/mol. The van der Waals surface area contributed by atoms with Crippen molar-refractivity contribution in [1.82, 2.24) is 4.90 Å². The van der Waals surface area contributed by atoms with E-state index in [0.717, 1.165) is 31.3 Å². The Labute approximate surface area is 121 Å². The molecular weight excluding hydrogens is 250 g/mol. The maximum Gasteiger partial charge on any atom is 0.226 e. The van der Waals surface area contributed by atoms with Crippen LogP contribution < -0.4 is 0 Å². The number of carbonyl (C=O) groups is 1. The van der Waals surface area contributed by atoms with E-state index in [2.05, 4.69) is 4.90 Å². The number of carbonyl (C=O) groups excluding carboxylic acids is 1. The molecular formula is C17H27NO2. The average molecular weight is 277 g/mol. The summed E-state index contributed by atoms with van der Waals surface area (Å²) in [7, 11) is 0. The number of aliphatic hydroxyl groups is 1. The van der Waals surface area contributed by atoms with Crippen molar-refractivity contribution in [2.75, 3.05) is 13.1 Å². The van der Waals surface area contributed by atoms with Gasteiger partial charge < -0.3 is 10.0 Å². The van der Waals surface area contributed by atoms with Gasteiger partial charge in [0.15, 0.2) is 0 Å². The third kappa shape index (κ3) is 2.01. The van der Waals surface area contributed by atoms with Gasteiger partial charge in [0.2, 0.25) is 5.91 Å². The SMILES string of the molecule is CC(O)C1CCN(C(=O)C2C3CC4CC(C3)CC2C4)C1. The molecule has 1 N–H and O–H groups in total. The van der Waals surface area contributed by atoms with Crippen LogP contribution in [0.3, 0.4) is 0 Å². The van der Waals surface area contributed by atoms with Crippen LogP contribution in [0.2, 0.25) is 0 Å². The van der Waals surface area contributed by atoms with E-state index in [4.69, 9.17) is 0 Å². The quantitative estimate of drug-likeness (QED) is 0.841. The van der Waals surface area contributed by atoms with Gasteiger partial charge in [-0.25, -0.2) is 0 Å². The van der Waals surface area contributed by atoms with Gasteiger partial charge in [-0.15, -0.1) is 0 Å². The van der Waals surface area contributed by atoms with E-state index in [9.17, 15) is 9.90 Å². The summed E-state index contributed by atoms with van der Waals surface area (Å²) in [6.45, 7) is 3.53. The van der Waals surface area contributed by atoms with E-state index in [-0.39, 0.29) is 6.10 Å². The third-order valence-corrected chi connectivity index (χ3v) is 6.73. The van der Waals surface area contributed by atoms with Crippen LogP contribution in [0.4, 0.5) is 0 Å². The lowest BCUT2D eigenvalue weighted by Crippen LogP contribution is -2.51. The monoisotopic (exact) mass is 277 g/mol. The molecule has 4 saturated carbocycles. The fourth-order valence-electron chi connectivity index (χ4n) is 5.92. The van der Waals surface area contributed by atoms with E-state index in [1.807, 2.05) is 6.92 Å². The highest BCUT2D eigenvalue weighted by molar-refractivity contribution is 5.80. The molecule has 0 aromatic carbocycles. The molecule has 1 heterocycles. The van der Waals surface area contributed by atoms with Gasteiger partial charge in [-0.3, -0.25) is 4.79 Å². The molecule has 0 spiro atoms. The second-order valence-electron chi connectivity index (χ2n) is 8.03. The topological polar surface area (TPSA) is 40.5 Å². The first-order valence-electron chi connectivity index (χ1n) is 8.58. The number of amides is 1. The summed E-state index contributed by atoms with van der Waals surface area (Å²) >= 11 is 0. The van der Waals surface area contributed by atoms with Crippen molar-refractivity contribution >= 4 is 5.91 Å². The maximum absolute atomic E-state index is 12.9. The molecule has 2 unspecified atom stereocenters. The van der Waals surface area contributed by atoms with Crippen LogP contribution in [-0.2, 0) is 4.79 Å². The summed E-state index contributed by atoms with van der Waals surface area (Å²) in [4.78, 5) is 15.0. The average Bonchev–Trinajstić information content (AvgIpc) is 2.86. The molecule has 1 aliphatic heterocycles. The van der Waals surface area contributed by atoms with Crippen molar-refractivity contribution in [3.05, 3.63) is 0 Å². The molecule has 2 atom stereocenters. The van der Waals surface area contributed by atoms with Crippen LogP contribution in [-0.4, -0.2) is 35.1 Å². The minimum Gasteiger partial charge on any atom is -0.393 e. The highest BCUT2D eigenvalue weighted by Crippen LogP contribution is 2.57. The Hall–Kier alpha value is -0.570. The van der Waals surface area contributed by atoms with Gasteiger partial charge in [-0.05, 0) is 69.1 Å².